The molecule has 162 valence electrons. The molecule has 2 aliphatic heterocycles. The molecule has 0 saturated carbocycles. The highest BCUT2D eigenvalue weighted by Crippen LogP contribution is 2.31. The Morgan fingerprint density at radius 3 is 2.70 bits per heavy atom. The number of nitrogens with zero attached hydrogens (tertiary/aromatic N) is 3. The van der Waals surface area contributed by atoms with Crippen LogP contribution in [0.3, 0.4) is 0 Å². The van der Waals surface area contributed by atoms with Gasteiger partial charge in [-0.15, -0.1) is 11.3 Å². The Balaban J connectivity index is 1.58. The van der Waals surface area contributed by atoms with Crippen LogP contribution in [0.1, 0.15) is 53.5 Å². The van der Waals surface area contributed by atoms with Crippen molar-refractivity contribution in [1.29, 1.82) is 0 Å². The first kappa shape index (κ1) is 21.4. The van der Waals surface area contributed by atoms with E-state index in [1.807, 2.05) is 11.3 Å². The molecule has 1 aromatic rings. The highest BCUT2D eigenvalue weighted by atomic mass is 32.1. The molecule has 0 radical (unpaired) electrons. The van der Waals surface area contributed by atoms with Gasteiger partial charge in [-0.1, -0.05) is 13.0 Å². The molecule has 30 heavy (non-hydrogen) atoms. The number of hydrogen-bond donors (Lipinski definition) is 0. The predicted octanol–water partition coefficient (Wildman–Crippen LogP) is 5.37. The molecule has 0 amide bonds. The van der Waals surface area contributed by atoms with Crippen LogP contribution in [0.25, 0.3) is 0 Å². The zero-order valence-electron chi connectivity index (χ0n) is 19.0. The fourth-order valence-corrected chi connectivity index (χ4v) is 6.22. The van der Waals surface area contributed by atoms with Gasteiger partial charge in [-0.05, 0) is 50.3 Å². The van der Waals surface area contributed by atoms with Crippen molar-refractivity contribution >= 4 is 17.0 Å². The van der Waals surface area contributed by atoms with E-state index in [0.717, 1.165) is 76.3 Å². The first-order valence-electron chi connectivity index (χ1n) is 11.3. The summed E-state index contributed by atoms with van der Waals surface area (Å²) in [5.74, 6) is 1.04. The van der Waals surface area contributed by atoms with Gasteiger partial charge in [0.05, 0.1) is 25.1 Å². The summed E-state index contributed by atoms with van der Waals surface area (Å²) < 4.78 is 5.60. The molecule has 0 atom stereocenters. The standard InChI is InChI=1S/C25H35N3OS/c1-5-24-18(2)25(30-19(24)3)17-27-13-10-21-7-6-12-28(21)22-8-9-23(29-4)16-20(15-22)26-11-14-27/h7,15-16H,5-6,8-14,17H2,1-4H3. The van der Waals surface area contributed by atoms with Gasteiger partial charge in [0.15, 0.2) is 0 Å². The normalized spacial score (nSPS) is 20.5. The minimum Gasteiger partial charge on any atom is -0.501 e. The molecule has 0 spiro atoms. The maximum atomic E-state index is 5.60. The third kappa shape index (κ3) is 4.57. The van der Waals surface area contributed by atoms with E-state index in [1.165, 1.54) is 26.7 Å². The zero-order chi connectivity index (χ0) is 21.1. The van der Waals surface area contributed by atoms with E-state index in [9.17, 15) is 0 Å². The van der Waals surface area contributed by atoms with Crippen molar-refractivity contribution < 1.29 is 4.74 Å². The summed E-state index contributed by atoms with van der Waals surface area (Å²) in [6.07, 6.45) is 12.2. The largest absolute Gasteiger partial charge is 0.501 e. The van der Waals surface area contributed by atoms with Crippen molar-refractivity contribution in [2.24, 2.45) is 4.99 Å². The third-order valence-electron chi connectivity index (χ3n) is 6.63. The van der Waals surface area contributed by atoms with Gasteiger partial charge in [0.1, 0.15) is 0 Å². The van der Waals surface area contributed by atoms with Crippen LogP contribution < -0.4 is 0 Å². The summed E-state index contributed by atoms with van der Waals surface area (Å²) in [5.41, 5.74) is 6.99. The summed E-state index contributed by atoms with van der Waals surface area (Å²) in [6, 6.07) is 0. The third-order valence-corrected chi connectivity index (χ3v) is 7.86. The van der Waals surface area contributed by atoms with E-state index >= 15 is 0 Å². The Bertz CT molecular complexity index is 906. The highest BCUT2D eigenvalue weighted by molar-refractivity contribution is 7.12. The molecule has 3 heterocycles. The van der Waals surface area contributed by atoms with E-state index in [0.29, 0.717) is 0 Å². The van der Waals surface area contributed by atoms with Crippen molar-refractivity contribution in [2.45, 2.75) is 59.4 Å². The number of aliphatic imine (C=N–C) groups is 1. The summed E-state index contributed by atoms with van der Waals surface area (Å²) in [5, 5.41) is 0. The maximum Gasteiger partial charge on any atom is 0.0980 e. The molecule has 0 unspecified atom stereocenters. The molecule has 4 rings (SSSR count). The molecule has 4 nitrogen and oxygen atoms in total. The Morgan fingerprint density at radius 2 is 1.93 bits per heavy atom. The van der Waals surface area contributed by atoms with Crippen molar-refractivity contribution in [3.05, 3.63) is 56.3 Å². The molecule has 3 aliphatic rings. The quantitative estimate of drug-likeness (QED) is 0.649. The Hall–Kier alpha value is -1.85. The van der Waals surface area contributed by atoms with Gasteiger partial charge in [0.25, 0.3) is 0 Å². The van der Waals surface area contributed by atoms with Gasteiger partial charge in [0, 0.05) is 66.2 Å². The van der Waals surface area contributed by atoms with Gasteiger partial charge in [-0.3, -0.25) is 9.89 Å². The average Bonchev–Trinajstić information content (AvgIpc) is 3.22. The number of hydrogen-bond acceptors (Lipinski definition) is 5. The average molecular weight is 426 g/mol. The molecule has 0 N–H and O–H groups in total. The van der Waals surface area contributed by atoms with Crippen molar-refractivity contribution in [3.8, 4) is 0 Å². The fraction of sp³-hybridized carbons (Fsp3) is 0.560. The molecule has 5 heteroatoms. The van der Waals surface area contributed by atoms with Crippen LogP contribution in [0.15, 0.2) is 40.4 Å². The smallest absolute Gasteiger partial charge is 0.0980 e. The van der Waals surface area contributed by atoms with Crippen LogP contribution >= 0.6 is 11.3 Å². The minimum absolute atomic E-state index is 0.829. The molecule has 1 aromatic heterocycles. The predicted molar refractivity (Wildman–Crippen MR) is 127 cm³/mol. The number of rotatable bonds is 4. The number of ether oxygens (including phenoxy) is 1. The van der Waals surface area contributed by atoms with E-state index in [1.54, 1.807) is 12.7 Å². The van der Waals surface area contributed by atoms with E-state index < -0.39 is 0 Å². The van der Waals surface area contributed by atoms with Crippen LogP contribution in [0.5, 0.6) is 0 Å². The van der Waals surface area contributed by atoms with Gasteiger partial charge in [0.2, 0.25) is 0 Å². The van der Waals surface area contributed by atoms with Gasteiger partial charge >= 0.3 is 0 Å². The number of thiophene rings is 1. The molecular weight excluding hydrogens is 390 g/mol. The minimum atomic E-state index is 0.829. The summed E-state index contributed by atoms with van der Waals surface area (Å²) in [6.45, 7) is 11.9. The molecule has 1 aliphatic carbocycles. The second kappa shape index (κ2) is 9.52. The molecule has 0 fully saturated rings. The highest BCUT2D eigenvalue weighted by Gasteiger charge is 2.23. The van der Waals surface area contributed by atoms with Crippen molar-refractivity contribution in [2.75, 3.05) is 33.3 Å². The molecule has 0 saturated heterocycles. The second-order valence-corrected chi connectivity index (χ2v) is 9.77. The van der Waals surface area contributed by atoms with E-state index in [-0.39, 0.29) is 0 Å². The molecule has 2 bridgehead atoms. The molecule has 0 aromatic carbocycles. The number of aryl methyl sites for hydroxylation is 1. The lowest BCUT2D eigenvalue weighted by Crippen LogP contribution is -2.29. The Labute approximate surface area is 185 Å². The lowest BCUT2D eigenvalue weighted by molar-refractivity contribution is 0.266. The first-order valence-corrected chi connectivity index (χ1v) is 12.2. The number of fused-ring (bicyclic) bond motifs is 3. The zero-order valence-corrected chi connectivity index (χ0v) is 19.8. The Morgan fingerprint density at radius 1 is 1.07 bits per heavy atom. The van der Waals surface area contributed by atoms with Crippen molar-refractivity contribution in [1.82, 2.24) is 9.80 Å². The summed E-state index contributed by atoms with van der Waals surface area (Å²) in [4.78, 5) is 13.1. The van der Waals surface area contributed by atoms with E-state index in [4.69, 9.17) is 9.73 Å². The SMILES string of the molecule is CCc1c(C)sc(CN2CCN=C3C=C(OC)CCC(=C3)N3CCC=C3CC2)c1C. The van der Waals surface area contributed by atoms with Gasteiger partial charge in [-0.25, -0.2) is 0 Å². The van der Waals surface area contributed by atoms with Crippen LogP contribution in [0.4, 0.5) is 0 Å². The molecular formula is C25H35N3OS. The fourth-order valence-electron chi connectivity index (χ4n) is 4.90. The van der Waals surface area contributed by atoms with Crippen molar-refractivity contribution in [3.63, 3.8) is 0 Å². The summed E-state index contributed by atoms with van der Waals surface area (Å²) in [7, 11) is 1.77. The lowest BCUT2D eigenvalue weighted by atomic mass is 10.1. The second-order valence-electron chi connectivity index (χ2n) is 8.46. The maximum absolute atomic E-state index is 5.60. The number of allylic oxidation sites excluding steroid dienone is 4. The summed E-state index contributed by atoms with van der Waals surface area (Å²) >= 11 is 1.99. The number of methoxy groups -OCH3 is 1. The lowest BCUT2D eigenvalue weighted by Gasteiger charge is -2.27. The van der Waals surface area contributed by atoms with Crippen LogP contribution in [-0.2, 0) is 17.7 Å². The van der Waals surface area contributed by atoms with Crippen LogP contribution in [0.2, 0.25) is 0 Å². The van der Waals surface area contributed by atoms with Crippen LogP contribution in [-0.4, -0.2) is 48.8 Å². The Kier molecular flexibility index (Phi) is 6.79. The topological polar surface area (TPSA) is 28.1 Å². The van der Waals surface area contributed by atoms with Gasteiger partial charge < -0.3 is 9.64 Å². The van der Waals surface area contributed by atoms with Crippen LogP contribution in [0, 0.1) is 13.8 Å². The van der Waals surface area contributed by atoms with E-state index in [2.05, 4.69) is 48.8 Å². The van der Waals surface area contributed by atoms with Gasteiger partial charge in [-0.2, -0.15) is 0 Å². The first-order chi connectivity index (χ1) is 14.6. The monoisotopic (exact) mass is 425 g/mol.